The normalized spacial score (nSPS) is 22.4. The molecule has 2 rings (SSSR count). The van der Waals surface area contributed by atoms with Crippen molar-refractivity contribution in [2.45, 2.75) is 20.3 Å². The van der Waals surface area contributed by atoms with Gasteiger partial charge in [-0.05, 0) is 43.5 Å². The van der Waals surface area contributed by atoms with E-state index in [1.807, 2.05) is 31.2 Å². The van der Waals surface area contributed by atoms with Crippen LogP contribution in [-0.4, -0.2) is 37.0 Å². The highest BCUT2D eigenvalue weighted by Gasteiger charge is 2.33. The number of rotatable bonds is 4. The summed E-state index contributed by atoms with van der Waals surface area (Å²) in [6.45, 7) is 7.18. The van der Waals surface area contributed by atoms with Crippen molar-refractivity contribution in [3.05, 3.63) is 29.8 Å². The Hall–Kier alpha value is -1.10. The van der Waals surface area contributed by atoms with Crippen LogP contribution in [-0.2, 0) is 4.79 Å². The van der Waals surface area contributed by atoms with Gasteiger partial charge in [-0.1, -0.05) is 25.1 Å². The van der Waals surface area contributed by atoms with Gasteiger partial charge < -0.3 is 11.1 Å². The SMILES string of the molecule is Cc1ccccc1NC(=O)CN1CCC(C)(CN)C1.Cl. The molecule has 1 amide bonds. The van der Waals surface area contributed by atoms with E-state index >= 15 is 0 Å². The number of carbonyl (C=O) groups excluding carboxylic acids is 1. The summed E-state index contributed by atoms with van der Waals surface area (Å²) < 4.78 is 0. The highest BCUT2D eigenvalue weighted by Crippen LogP contribution is 2.28. The Morgan fingerprint density at radius 1 is 1.45 bits per heavy atom. The van der Waals surface area contributed by atoms with Crippen molar-refractivity contribution in [3.63, 3.8) is 0 Å². The maximum Gasteiger partial charge on any atom is 0.238 e. The Morgan fingerprint density at radius 2 is 2.15 bits per heavy atom. The fourth-order valence-corrected chi connectivity index (χ4v) is 2.53. The molecule has 0 spiro atoms. The number of aryl methyl sites for hydroxylation is 1. The lowest BCUT2D eigenvalue weighted by atomic mass is 9.90. The van der Waals surface area contributed by atoms with Crippen LogP contribution in [0.1, 0.15) is 18.9 Å². The molecule has 0 radical (unpaired) electrons. The first kappa shape index (κ1) is 17.0. The average Bonchev–Trinajstić information content (AvgIpc) is 2.74. The number of carbonyl (C=O) groups is 1. The van der Waals surface area contributed by atoms with E-state index in [9.17, 15) is 4.79 Å². The van der Waals surface area contributed by atoms with Gasteiger partial charge in [0.15, 0.2) is 0 Å². The zero-order chi connectivity index (χ0) is 13.9. The van der Waals surface area contributed by atoms with Gasteiger partial charge in [-0.25, -0.2) is 0 Å². The smallest absolute Gasteiger partial charge is 0.238 e. The molecule has 1 heterocycles. The van der Waals surface area contributed by atoms with Crippen LogP contribution in [0.5, 0.6) is 0 Å². The number of nitrogens with zero attached hydrogens (tertiary/aromatic N) is 1. The largest absolute Gasteiger partial charge is 0.330 e. The molecule has 0 bridgehead atoms. The fraction of sp³-hybridized carbons (Fsp3) is 0.533. The van der Waals surface area contributed by atoms with Gasteiger partial charge in [-0.2, -0.15) is 0 Å². The maximum atomic E-state index is 12.0. The zero-order valence-corrected chi connectivity index (χ0v) is 13.0. The number of hydrogen-bond donors (Lipinski definition) is 2. The number of amides is 1. The third-order valence-corrected chi connectivity index (χ3v) is 3.92. The lowest BCUT2D eigenvalue weighted by molar-refractivity contribution is -0.117. The molecule has 1 fully saturated rings. The molecule has 1 aliphatic heterocycles. The van der Waals surface area contributed by atoms with Crippen molar-refractivity contribution < 1.29 is 4.79 Å². The minimum Gasteiger partial charge on any atom is -0.330 e. The maximum absolute atomic E-state index is 12.0. The molecule has 112 valence electrons. The molecule has 1 atom stereocenters. The Morgan fingerprint density at radius 3 is 2.75 bits per heavy atom. The van der Waals surface area contributed by atoms with Crippen molar-refractivity contribution in [2.24, 2.45) is 11.1 Å². The molecule has 4 nitrogen and oxygen atoms in total. The van der Waals surface area contributed by atoms with Crippen LogP contribution in [0.25, 0.3) is 0 Å². The van der Waals surface area contributed by atoms with E-state index in [2.05, 4.69) is 17.1 Å². The summed E-state index contributed by atoms with van der Waals surface area (Å²) in [7, 11) is 0. The molecule has 1 saturated heterocycles. The first-order valence-electron chi connectivity index (χ1n) is 6.80. The van der Waals surface area contributed by atoms with Gasteiger partial charge in [0.25, 0.3) is 0 Å². The molecular formula is C15H24ClN3O. The van der Waals surface area contributed by atoms with E-state index in [1.54, 1.807) is 0 Å². The number of nitrogens with one attached hydrogen (secondary N) is 1. The summed E-state index contributed by atoms with van der Waals surface area (Å²) in [5.74, 6) is 0.0515. The Kier molecular flexibility index (Phi) is 5.99. The molecule has 20 heavy (non-hydrogen) atoms. The molecule has 0 saturated carbocycles. The second-order valence-electron chi connectivity index (χ2n) is 5.84. The summed E-state index contributed by atoms with van der Waals surface area (Å²) >= 11 is 0. The highest BCUT2D eigenvalue weighted by molar-refractivity contribution is 5.92. The predicted molar refractivity (Wildman–Crippen MR) is 85.3 cm³/mol. The van der Waals surface area contributed by atoms with Crippen LogP contribution in [0.4, 0.5) is 5.69 Å². The standard InChI is InChI=1S/C15H23N3O.ClH/c1-12-5-3-4-6-13(12)17-14(19)9-18-8-7-15(2,10-16)11-18;/h3-6H,7-11,16H2,1-2H3,(H,17,19);1H. The summed E-state index contributed by atoms with van der Waals surface area (Å²) in [5, 5.41) is 2.97. The molecular weight excluding hydrogens is 274 g/mol. The molecule has 5 heteroatoms. The molecule has 1 aromatic rings. The molecule has 0 aromatic heterocycles. The van der Waals surface area contributed by atoms with Gasteiger partial charge >= 0.3 is 0 Å². The third-order valence-electron chi connectivity index (χ3n) is 3.92. The van der Waals surface area contributed by atoms with E-state index in [4.69, 9.17) is 5.73 Å². The molecule has 1 unspecified atom stereocenters. The van der Waals surface area contributed by atoms with Crippen LogP contribution < -0.4 is 11.1 Å². The first-order chi connectivity index (χ1) is 9.02. The summed E-state index contributed by atoms with van der Waals surface area (Å²) in [6, 6.07) is 7.83. The number of para-hydroxylation sites is 1. The van der Waals surface area contributed by atoms with Crippen molar-refractivity contribution in [2.75, 3.05) is 31.5 Å². The monoisotopic (exact) mass is 297 g/mol. The first-order valence-corrected chi connectivity index (χ1v) is 6.80. The second kappa shape index (κ2) is 7.07. The second-order valence-corrected chi connectivity index (χ2v) is 5.84. The van der Waals surface area contributed by atoms with E-state index in [-0.39, 0.29) is 23.7 Å². The van der Waals surface area contributed by atoms with Crippen molar-refractivity contribution in [1.82, 2.24) is 4.90 Å². The molecule has 0 aliphatic carbocycles. The summed E-state index contributed by atoms with van der Waals surface area (Å²) in [6.07, 6.45) is 1.07. The lowest BCUT2D eigenvalue weighted by Gasteiger charge is -2.22. The Labute approximate surface area is 127 Å². The Bertz CT molecular complexity index is 466. The molecule has 1 aromatic carbocycles. The van der Waals surface area contributed by atoms with Crippen LogP contribution >= 0.6 is 12.4 Å². The van der Waals surface area contributed by atoms with Gasteiger partial charge in [-0.3, -0.25) is 9.69 Å². The fourth-order valence-electron chi connectivity index (χ4n) is 2.53. The Balaban J connectivity index is 0.00000200. The number of hydrogen-bond acceptors (Lipinski definition) is 3. The van der Waals surface area contributed by atoms with Gasteiger partial charge in [0, 0.05) is 12.2 Å². The number of anilines is 1. The van der Waals surface area contributed by atoms with E-state index in [0.717, 1.165) is 30.8 Å². The number of likely N-dealkylation sites (tertiary alicyclic amines) is 1. The van der Waals surface area contributed by atoms with Crippen LogP contribution in [0.2, 0.25) is 0 Å². The molecule has 1 aliphatic rings. The van der Waals surface area contributed by atoms with E-state index in [1.165, 1.54) is 0 Å². The minimum atomic E-state index is 0. The van der Waals surface area contributed by atoms with Gasteiger partial charge in [0.05, 0.1) is 6.54 Å². The number of benzene rings is 1. The topological polar surface area (TPSA) is 58.4 Å². The summed E-state index contributed by atoms with van der Waals surface area (Å²) in [4.78, 5) is 14.2. The lowest BCUT2D eigenvalue weighted by Crippen LogP contribution is -2.35. The predicted octanol–water partition coefficient (Wildman–Crippen LogP) is 2.03. The quantitative estimate of drug-likeness (QED) is 0.894. The van der Waals surface area contributed by atoms with E-state index < -0.39 is 0 Å². The molecule has 3 N–H and O–H groups in total. The minimum absolute atomic E-state index is 0. The van der Waals surface area contributed by atoms with Gasteiger partial charge in [0.2, 0.25) is 5.91 Å². The van der Waals surface area contributed by atoms with E-state index in [0.29, 0.717) is 13.1 Å². The zero-order valence-electron chi connectivity index (χ0n) is 12.2. The van der Waals surface area contributed by atoms with Crippen LogP contribution in [0.15, 0.2) is 24.3 Å². The highest BCUT2D eigenvalue weighted by atomic mass is 35.5. The third kappa shape index (κ3) is 4.20. The van der Waals surface area contributed by atoms with Crippen molar-refractivity contribution >= 4 is 24.0 Å². The van der Waals surface area contributed by atoms with Crippen molar-refractivity contribution in [1.29, 1.82) is 0 Å². The van der Waals surface area contributed by atoms with Gasteiger partial charge in [0.1, 0.15) is 0 Å². The average molecular weight is 298 g/mol. The van der Waals surface area contributed by atoms with Crippen LogP contribution in [0.3, 0.4) is 0 Å². The van der Waals surface area contributed by atoms with Gasteiger partial charge in [-0.15, -0.1) is 12.4 Å². The summed E-state index contributed by atoms with van der Waals surface area (Å²) in [5.41, 5.74) is 7.93. The van der Waals surface area contributed by atoms with Crippen molar-refractivity contribution in [3.8, 4) is 0 Å². The number of halogens is 1. The van der Waals surface area contributed by atoms with Crippen LogP contribution in [0, 0.1) is 12.3 Å². The number of nitrogens with two attached hydrogens (primary N) is 1.